The third-order valence-electron chi connectivity index (χ3n) is 4.28. The Balaban J connectivity index is 1.67. The van der Waals surface area contributed by atoms with Gasteiger partial charge in [-0.2, -0.15) is 11.8 Å². The van der Waals surface area contributed by atoms with Crippen LogP contribution in [0.25, 0.3) is 0 Å². The van der Waals surface area contributed by atoms with Crippen LogP contribution in [0.1, 0.15) is 45.8 Å². The van der Waals surface area contributed by atoms with Crippen LogP contribution in [0, 0.1) is 5.92 Å². The lowest BCUT2D eigenvalue weighted by Gasteiger charge is -2.30. The summed E-state index contributed by atoms with van der Waals surface area (Å²) in [5.41, 5.74) is 1.37. The van der Waals surface area contributed by atoms with Crippen LogP contribution in [-0.2, 0) is 12.2 Å². The number of carbonyl (C=O) groups is 1. The minimum atomic E-state index is 0.108. The Morgan fingerprint density at radius 1 is 1.40 bits per heavy atom. The van der Waals surface area contributed by atoms with Crippen LogP contribution in [0.4, 0.5) is 0 Å². The molecular formula is C15H20ClNOS2. The molecule has 2 nitrogen and oxygen atoms in total. The van der Waals surface area contributed by atoms with Gasteiger partial charge in [0, 0.05) is 22.6 Å². The van der Waals surface area contributed by atoms with E-state index in [-0.39, 0.29) is 11.9 Å². The molecule has 0 bridgehead atoms. The van der Waals surface area contributed by atoms with Gasteiger partial charge in [0.1, 0.15) is 0 Å². The van der Waals surface area contributed by atoms with E-state index in [0.717, 1.165) is 29.9 Å². The van der Waals surface area contributed by atoms with E-state index >= 15 is 0 Å². The summed E-state index contributed by atoms with van der Waals surface area (Å²) in [7, 11) is 0. The highest BCUT2D eigenvalue weighted by atomic mass is 35.5. The van der Waals surface area contributed by atoms with Crippen molar-refractivity contribution >= 4 is 40.6 Å². The number of thioether (sulfide) groups is 1. The summed E-state index contributed by atoms with van der Waals surface area (Å²) >= 11 is 9.68. The fourth-order valence-corrected chi connectivity index (χ4v) is 5.73. The highest BCUT2D eigenvalue weighted by Gasteiger charge is 2.27. The highest BCUT2D eigenvalue weighted by molar-refractivity contribution is 7.98. The molecule has 1 saturated carbocycles. The normalized spacial score (nSPS) is 26.1. The van der Waals surface area contributed by atoms with E-state index in [0.29, 0.717) is 11.8 Å². The van der Waals surface area contributed by atoms with E-state index in [1.165, 1.54) is 29.0 Å². The van der Waals surface area contributed by atoms with E-state index in [9.17, 15) is 4.79 Å². The molecule has 1 aliphatic carbocycles. The monoisotopic (exact) mass is 329 g/mol. The predicted octanol–water partition coefficient (Wildman–Crippen LogP) is 4.06. The number of rotatable bonds is 3. The van der Waals surface area contributed by atoms with Crippen molar-refractivity contribution in [2.45, 2.75) is 43.9 Å². The van der Waals surface area contributed by atoms with E-state index in [1.54, 1.807) is 11.3 Å². The Kier molecular flexibility index (Phi) is 4.95. The molecule has 2 aliphatic rings. The fraction of sp³-hybridized carbons (Fsp3) is 0.667. The van der Waals surface area contributed by atoms with Gasteiger partial charge in [-0.25, -0.2) is 0 Å². The second-order valence-corrected chi connectivity index (χ2v) is 8.19. The van der Waals surface area contributed by atoms with Crippen molar-refractivity contribution in [1.82, 2.24) is 5.32 Å². The first-order valence-electron chi connectivity index (χ1n) is 7.34. The molecule has 2 unspecified atom stereocenters. The van der Waals surface area contributed by atoms with Gasteiger partial charge in [0.05, 0.1) is 4.88 Å². The number of hydrogen-bond donors (Lipinski definition) is 1. The Hall–Kier alpha value is -0.190. The summed E-state index contributed by atoms with van der Waals surface area (Å²) < 4.78 is 0. The molecule has 0 spiro atoms. The van der Waals surface area contributed by atoms with Crippen LogP contribution in [0.5, 0.6) is 0 Å². The molecule has 1 fully saturated rings. The van der Waals surface area contributed by atoms with Gasteiger partial charge >= 0.3 is 0 Å². The zero-order chi connectivity index (χ0) is 13.9. The maximum atomic E-state index is 12.4. The van der Waals surface area contributed by atoms with Crippen LogP contribution >= 0.6 is 34.7 Å². The molecule has 0 aromatic carbocycles. The third-order valence-corrected chi connectivity index (χ3v) is 6.92. The van der Waals surface area contributed by atoms with Gasteiger partial charge in [-0.15, -0.1) is 22.9 Å². The van der Waals surface area contributed by atoms with Gasteiger partial charge in [-0.1, -0.05) is 12.8 Å². The first kappa shape index (κ1) is 14.7. The number of thiophene rings is 1. The Morgan fingerprint density at radius 2 is 2.25 bits per heavy atom. The van der Waals surface area contributed by atoms with Crippen LogP contribution in [0.2, 0.25) is 0 Å². The number of alkyl halides is 1. The number of fused-ring (bicyclic) bond motifs is 1. The maximum Gasteiger partial charge on any atom is 0.261 e. The number of carbonyl (C=O) groups excluding carboxylic acids is 1. The largest absolute Gasteiger partial charge is 0.348 e. The van der Waals surface area contributed by atoms with Crippen molar-refractivity contribution in [3.8, 4) is 0 Å². The maximum absolute atomic E-state index is 12.4. The zero-order valence-corrected chi connectivity index (χ0v) is 13.9. The summed E-state index contributed by atoms with van der Waals surface area (Å²) in [4.78, 5) is 14.7. The van der Waals surface area contributed by atoms with E-state index < -0.39 is 0 Å². The average Bonchev–Trinajstić information content (AvgIpc) is 2.92. The Bertz CT molecular complexity index is 465. The summed E-state index contributed by atoms with van der Waals surface area (Å²) in [6.45, 7) is 0. The van der Waals surface area contributed by atoms with Crippen LogP contribution in [-0.4, -0.2) is 23.6 Å². The molecule has 2 heterocycles. The lowest BCUT2D eigenvalue weighted by Crippen LogP contribution is -2.42. The van der Waals surface area contributed by atoms with Crippen molar-refractivity contribution < 1.29 is 4.79 Å². The standard InChI is InChI=1S/C15H20ClNOS2/c16-8-10-3-1-2-4-12(10)17-15(18)14-7-11-9-19-6-5-13(11)20-14/h7,10,12H,1-6,8-9H2,(H,17,18). The predicted molar refractivity (Wildman–Crippen MR) is 88.1 cm³/mol. The average molecular weight is 330 g/mol. The number of hydrogen-bond acceptors (Lipinski definition) is 3. The van der Waals surface area contributed by atoms with E-state index in [4.69, 9.17) is 11.6 Å². The minimum Gasteiger partial charge on any atom is -0.348 e. The van der Waals surface area contributed by atoms with Gasteiger partial charge < -0.3 is 5.32 Å². The lowest BCUT2D eigenvalue weighted by molar-refractivity contribution is 0.0915. The summed E-state index contributed by atoms with van der Waals surface area (Å²) in [6, 6.07) is 2.36. The first-order valence-corrected chi connectivity index (χ1v) is 9.84. The van der Waals surface area contributed by atoms with Crippen molar-refractivity contribution in [2.24, 2.45) is 5.92 Å². The molecule has 1 aromatic rings. The molecular weight excluding hydrogens is 310 g/mol. The highest BCUT2D eigenvalue weighted by Crippen LogP contribution is 2.32. The number of nitrogens with one attached hydrogen (secondary N) is 1. The lowest BCUT2D eigenvalue weighted by atomic mass is 9.86. The summed E-state index contributed by atoms with van der Waals surface area (Å²) in [5, 5.41) is 3.23. The molecule has 2 atom stereocenters. The number of aryl methyl sites for hydroxylation is 1. The molecule has 0 saturated heterocycles. The van der Waals surface area contributed by atoms with Crippen LogP contribution < -0.4 is 5.32 Å². The zero-order valence-electron chi connectivity index (χ0n) is 11.5. The quantitative estimate of drug-likeness (QED) is 0.847. The number of amides is 1. The second kappa shape index (κ2) is 6.71. The topological polar surface area (TPSA) is 29.1 Å². The van der Waals surface area contributed by atoms with Crippen molar-refractivity contribution in [3.63, 3.8) is 0 Å². The molecule has 5 heteroatoms. The Morgan fingerprint density at radius 3 is 3.05 bits per heavy atom. The van der Waals surface area contributed by atoms with Gasteiger partial charge in [0.25, 0.3) is 5.91 Å². The molecule has 1 N–H and O–H groups in total. The van der Waals surface area contributed by atoms with Crippen molar-refractivity contribution in [3.05, 3.63) is 21.4 Å². The first-order chi connectivity index (χ1) is 9.78. The molecule has 110 valence electrons. The Labute approximate surface area is 133 Å². The molecule has 0 radical (unpaired) electrons. The van der Waals surface area contributed by atoms with E-state index in [2.05, 4.69) is 11.4 Å². The third kappa shape index (κ3) is 3.18. The SMILES string of the molecule is O=C(NC1CCCCC1CCl)c1cc2c(s1)CCSC2. The van der Waals surface area contributed by atoms with Gasteiger partial charge in [0.2, 0.25) is 0 Å². The van der Waals surface area contributed by atoms with Gasteiger partial charge in [-0.3, -0.25) is 4.79 Å². The minimum absolute atomic E-state index is 0.108. The molecule has 1 amide bonds. The van der Waals surface area contributed by atoms with E-state index in [1.807, 2.05) is 11.8 Å². The van der Waals surface area contributed by atoms with Gasteiger partial charge in [0.15, 0.2) is 0 Å². The summed E-state index contributed by atoms with van der Waals surface area (Å²) in [6.07, 6.45) is 5.78. The summed E-state index contributed by atoms with van der Waals surface area (Å²) in [5.74, 6) is 3.46. The molecule has 3 rings (SSSR count). The molecule has 20 heavy (non-hydrogen) atoms. The van der Waals surface area contributed by atoms with Crippen molar-refractivity contribution in [2.75, 3.05) is 11.6 Å². The second-order valence-electron chi connectivity index (χ2n) is 5.64. The van der Waals surface area contributed by atoms with Crippen LogP contribution in [0.15, 0.2) is 6.07 Å². The van der Waals surface area contributed by atoms with Gasteiger partial charge in [-0.05, 0) is 42.6 Å². The number of halogens is 1. The molecule has 1 aliphatic heterocycles. The molecule has 1 aromatic heterocycles. The van der Waals surface area contributed by atoms with Crippen LogP contribution in [0.3, 0.4) is 0 Å². The fourth-order valence-electron chi connectivity index (χ4n) is 3.08. The smallest absolute Gasteiger partial charge is 0.261 e. The van der Waals surface area contributed by atoms with Crippen molar-refractivity contribution in [1.29, 1.82) is 0 Å².